The largest absolute Gasteiger partial charge is 0.431 e. The molecule has 0 aliphatic carbocycles. The minimum Gasteiger partial charge on any atom is -0.431 e. The fraction of sp³-hybridized carbons (Fsp3) is 0.0714. The minimum absolute atomic E-state index is 0.391. The molecule has 19 heavy (non-hydrogen) atoms. The Hall–Kier alpha value is -1.49. The third-order valence-electron chi connectivity index (χ3n) is 2.75. The van der Waals surface area contributed by atoms with Gasteiger partial charge in [-0.25, -0.2) is 4.98 Å². The molecule has 0 saturated heterocycles. The fourth-order valence-corrected chi connectivity index (χ4v) is 3.06. The lowest BCUT2D eigenvalue weighted by Gasteiger charge is -2.06. The van der Waals surface area contributed by atoms with Gasteiger partial charge in [0.1, 0.15) is 5.52 Å². The molecule has 0 fully saturated rings. The lowest BCUT2D eigenvalue weighted by Crippen LogP contribution is -1.99. The summed E-state index contributed by atoms with van der Waals surface area (Å²) in [5.41, 5.74) is 8.27. The quantitative estimate of drug-likeness (QED) is 0.789. The van der Waals surface area contributed by atoms with Crippen molar-refractivity contribution in [2.24, 2.45) is 5.73 Å². The van der Waals surface area contributed by atoms with Crippen LogP contribution in [-0.2, 0) is 6.54 Å². The van der Waals surface area contributed by atoms with Crippen molar-refractivity contribution in [2.45, 2.75) is 16.7 Å². The van der Waals surface area contributed by atoms with Gasteiger partial charge >= 0.3 is 0 Å². The van der Waals surface area contributed by atoms with E-state index in [1.807, 2.05) is 42.5 Å². The van der Waals surface area contributed by atoms with Gasteiger partial charge in [-0.1, -0.05) is 29.8 Å². The topological polar surface area (TPSA) is 52.0 Å². The van der Waals surface area contributed by atoms with Crippen LogP contribution >= 0.6 is 23.4 Å². The Bertz CT molecular complexity index is 693. The summed E-state index contributed by atoms with van der Waals surface area (Å²) in [7, 11) is 0. The predicted molar refractivity (Wildman–Crippen MR) is 77.5 cm³/mol. The Kier molecular flexibility index (Phi) is 3.46. The minimum atomic E-state index is 0.391. The number of aromatic nitrogens is 1. The number of benzene rings is 2. The number of nitrogens with zero attached hydrogens (tertiary/aromatic N) is 1. The third kappa shape index (κ3) is 2.47. The van der Waals surface area contributed by atoms with Gasteiger partial charge in [0.25, 0.3) is 5.22 Å². The maximum absolute atomic E-state index is 6.13. The van der Waals surface area contributed by atoms with Crippen LogP contribution in [0, 0.1) is 0 Å². The van der Waals surface area contributed by atoms with Crippen LogP contribution in [0.1, 0.15) is 5.56 Å². The highest BCUT2D eigenvalue weighted by Crippen LogP contribution is 2.34. The normalized spacial score (nSPS) is 11.1. The summed E-state index contributed by atoms with van der Waals surface area (Å²) in [6, 6.07) is 13.4. The van der Waals surface area contributed by atoms with E-state index >= 15 is 0 Å². The molecule has 96 valence electrons. The molecule has 1 aromatic heterocycles. The second-order valence-corrected chi connectivity index (χ2v) is 5.37. The summed E-state index contributed by atoms with van der Waals surface area (Å²) >= 11 is 7.57. The first-order chi connectivity index (χ1) is 9.28. The molecule has 2 aromatic carbocycles. The fourth-order valence-electron chi connectivity index (χ4n) is 1.82. The maximum Gasteiger partial charge on any atom is 0.261 e. The molecule has 3 rings (SSSR count). The zero-order chi connectivity index (χ0) is 13.2. The van der Waals surface area contributed by atoms with E-state index in [1.54, 1.807) is 0 Å². The monoisotopic (exact) mass is 290 g/mol. The highest BCUT2D eigenvalue weighted by Gasteiger charge is 2.11. The number of oxazole rings is 1. The maximum atomic E-state index is 6.13. The first kappa shape index (κ1) is 12.5. The number of halogens is 1. The van der Waals surface area contributed by atoms with Gasteiger partial charge in [-0.3, -0.25) is 0 Å². The summed E-state index contributed by atoms with van der Waals surface area (Å²) in [5.74, 6) is 0. The van der Waals surface area contributed by atoms with Crippen LogP contribution in [-0.4, -0.2) is 4.98 Å². The zero-order valence-electron chi connectivity index (χ0n) is 9.97. The van der Waals surface area contributed by atoms with Crippen molar-refractivity contribution >= 4 is 34.5 Å². The second-order valence-electron chi connectivity index (χ2n) is 3.97. The van der Waals surface area contributed by atoms with E-state index in [9.17, 15) is 0 Å². The van der Waals surface area contributed by atoms with Crippen molar-refractivity contribution in [2.75, 3.05) is 0 Å². The van der Waals surface area contributed by atoms with E-state index in [0.717, 1.165) is 21.6 Å². The second kappa shape index (κ2) is 5.25. The molecule has 2 N–H and O–H groups in total. The molecule has 3 nitrogen and oxygen atoms in total. The first-order valence-electron chi connectivity index (χ1n) is 5.79. The standard InChI is InChI=1S/C14H11ClN2OS/c15-10-4-3-7-13(9(10)8-16)19-14-17-11-5-1-2-6-12(11)18-14/h1-7H,8,16H2. The molecule has 0 bridgehead atoms. The number of para-hydroxylation sites is 2. The molecule has 0 amide bonds. The molecule has 0 aliphatic rings. The molecule has 0 saturated carbocycles. The zero-order valence-corrected chi connectivity index (χ0v) is 11.5. The number of hydrogen-bond donors (Lipinski definition) is 1. The third-order valence-corrected chi connectivity index (χ3v) is 4.06. The number of rotatable bonds is 3. The van der Waals surface area contributed by atoms with Gasteiger partial charge in [0.15, 0.2) is 5.58 Å². The lowest BCUT2D eigenvalue weighted by molar-refractivity contribution is 0.489. The molecule has 5 heteroatoms. The van der Waals surface area contributed by atoms with Crippen molar-refractivity contribution in [3.63, 3.8) is 0 Å². The van der Waals surface area contributed by atoms with Gasteiger partial charge in [0, 0.05) is 16.5 Å². The molecule has 1 heterocycles. The van der Waals surface area contributed by atoms with Gasteiger partial charge in [-0.05, 0) is 41.6 Å². The van der Waals surface area contributed by atoms with E-state index in [0.29, 0.717) is 16.8 Å². The summed E-state index contributed by atoms with van der Waals surface area (Å²) in [6.07, 6.45) is 0. The first-order valence-corrected chi connectivity index (χ1v) is 6.98. The lowest BCUT2D eigenvalue weighted by atomic mass is 10.2. The molecule has 0 radical (unpaired) electrons. The van der Waals surface area contributed by atoms with Gasteiger partial charge in [0.2, 0.25) is 0 Å². The van der Waals surface area contributed by atoms with Crippen molar-refractivity contribution < 1.29 is 4.42 Å². The number of nitrogens with two attached hydrogens (primary N) is 1. The van der Waals surface area contributed by atoms with Crippen LogP contribution in [0.3, 0.4) is 0 Å². The number of hydrogen-bond acceptors (Lipinski definition) is 4. The summed E-state index contributed by atoms with van der Waals surface area (Å²) in [5, 5.41) is 1.27. The molecule has 0 unspecified atom stereocenters. The average Bonchev–Trinajstić information content (AvgIpc) is 2.81. The Balaban J connectivity index is 1.99. The predicted octanol–water partition coefficient (Wildman–Crippen LogP) is 4.09. The van der Waals surface area contributed by atoms with Crippen LogP contribution in [0.5, 0.6) is 0 Å². The van der Waals surface area contributed by atoms with E-state index < -0.39 is 0 Å². The van der Waals surface area contributed by atoms with Crippen molar-refractivity contribution in [3.05, 3.63) is 53.1 Å². The molecule has 0 spiro atoms. The van der Waals surface area contributed by atoms with E-state index in [-0.39, 0.29) is 0 Å². The van der Waals surface area contributed by atoms with Crippen molar-refractivity contribution in [3.8, 4) is 0 Å². The summed E-state index contributed by atoms with van der Waals surface area (Å²) < 4.78 is 5.68. The van der Waals surface area contributed by atoms with Gasteiger partial charge in [-0.2, -0.15) is 0 Å². The molecule has 3 aromatic rings. The van der Waals surface area contributed by atoms with Crippen molar-refractivity contribution in [1.29, 1.82) is 0 Å². The SMILES string of the molecule is NCc1c(Cl)cccc1Sc1nc2ccccc2o1. The van der Waals surface area contributed by atoms with E-state index in [2.05, 4.69) is 4.98 Å². The Labute approximate surface area is 119 Å². The van der Waals surface area contributed by atoms with Crippen LogP contribution in [0.2, 0.25) is 5.02 Å². The molecule has 0 aliphatic heterocycles. The summed E-state index contributed by atoms with van der Waals surface area (Å²) in [6.45, 7) is 0.391. The molecule has 0 atom stereocenters. The highest BCUT2D eigenvalue weighted by molar-refractivity contribution is 7.99. The average molecular weight is 291 g/mol. The van der Waals surface area contributed by atoms with Crippen LogP contribution in [0.25, 0.3) is 11.1 Å². The van der Waals surface area contributed by atoms with Gasteiger partial charge in [-0.15, -0.1) is 0 Å². The van der Waals surface area contributed by atoms with Crippen LogP contribution < -0.4 is 5.73 Å². The molecular weight excluding hydrogens is 280 g/mol. The van der Waals surface area contributed by atoms with Gasteiger partial charge < -0.3 is 10.2 Å². The van der Waals surface area contributed by atoms with E-state index in [4.69, 9.17) is 21.8 Å². The van der Waals surface area contributed by atoms with E-state index in [1.165, 1.54) is 11.8 Å². The van der Waals surface area contributed by atoms with Crippen LogP contribution in [0.15, 0.2) is 57.0 Å². The Morgan fingerprint density at radius 3 is 2.79 bits per heavy atom. The molecular formula is C14H11ClN2OS. The summed E-state index contributed by atoms with van der Waals surface area (Å²) in [4.78, 5) is 5.40. The smallest absolute Gasteiger partial charge is 0.261 e. The van der Waals surface area contributed by atoms with Crippen LogP contribution in [0.4, 0.5) is 0 Å². The highest BCUT2D eigenvalue weighted by atomic mass is 35.5. The van der Waals surface area contributed by atoms with Gasteiger partial charge in [0.05, 0.1) is 0 Å². The Morgan fingerprint density at radius 2 is 2.00 bits per heavy atom. The number of fused-ring (bicyclic) bond motifs is 1. The Morgan fingerprint density at radius 1 is 1.16 bits per heavy atom. The van der Waals surface area contributed by atoms with Crippen molar-refractivity contribution in [1.82, 2.24) is 4.98 Å².